The zero-order valence-electron chi connectivity index (χ0n) is 18.4. The summed E-state index contributed by atoms with van der Waals surface area (Å²) in [4.78, 5) is 37.4. The zero-order valence-corrected chi connectivity index (χ0v) is 18.4. The summed E-state index contributed by atoms with van der Waals surface area (Å²) in [5.41, 5.74) is 11.9. The van der Waals surface area contributed by atoms with Crippen molar-refractivity contribution in [3.63, 3.8) is 0 Å². The van der Waals surface area contributed by atoms with Crippen molar-refractivity contribution in [1.82, 2.24) is 0 Å². The average Bonchev–Trinajstić information content (AvgIpc) is 2.69. The maximum Gasteiger partial charge on any atom is 0.255 e. The molecule has 1 saturated carbocycles. The number of fused-ring (bicyclic) bond motifs is 3. The summed E-state index contributed by atoms with van der Waals surface area (Å²) in [6, 6.07) is 3.58. The minimum atomic E-state index is -1.12. The third-order valence-electron chi connectivity index (χ3n) is 7.05. The molecule has 33 heavy (non-hydrogen) atoms. The van der Waals surface area contributed by atoms with Crippen molar-refractivity contribution in [2.24, 2.45) is 29.2 Å². The number of phenolic OH excluding ortho intramolecular Hbond substituents is 1. The van der Waals surface area contributed by atoms with Gasteiger partial charge in [-0.25, -0.2) is 0 Å². The molecule has 4 atom stereocenters. The Labute approximate surface area is 191 Å². The molecule has 3 aliphatic rings. The first-order valence-corrected chi connectivity index (χ1v) is 10.9. The summed E-state index contributed by atoms with van der Waals surface area (Å²) < 4.78 is 0. The second-order valence-electron chi connectivity index (χ2n) is 9.68. The number of phenols is 1. The van der Waals surface area contributed by atoms with Gasteiger partial charge in [0.25, 0.3) is 5.91 Å². The van der Waals surface area contributed by atoms with Gasteiger partial charge >= 0.3 is 0 Å². The first-order chi connectivity index (χ1) is 15.5. The number of primary amides is 1. The monoisotopic (exact) mass is 452 g/mol. The number of aromatic hydroxyl groups is 1. The molecule has 1 aromatic rings. The fraction of sp³-hybridized carbons (Fsp3) is 0.400. The molecule has 1 amide bonds. The van der Waals surface area contributed by atoms with Crippen LogP contribution in [0.1, 0.15) is 42.9 Å². The van der Waals surface area contributed by atoms with Gasteiger partial charge in [-0.05, 0) is 55.6 Å². The van der Waals surface area contributed by atoms with E-state index in [-0.39, 0.29) is 35.0 Å². The van der Waals surface area contributed by atoms with Crippen LogP contribution in [-0.2, 0) is 27.2 Å². The first kappa shape index (κ1) is 22.8. The second-order valence-corrected chi connectivity index (χ2v) is 9.68. The highest BCUT2D eigenvalue weighted by Gasteiger charge is 2.50. The van der Waals surface area contributed by atoms with Crippen LogP contribution >= 0.6 is 0 Å². The van der Waals surface area contributed by atoms with E-state index in [1.165, 1.54) is 0 Å². The van der Waals surface area contributed by atoms with Gasteiger partial charge in [-0.3, -0.25) is 14.4 Å². The molecule has 8 heteroatoms. The molecule has 8 nitrogen and oxygen atoms in total. The van der Waals surface area contributed by atoms with E-state index in [9.17, 15) is 29.7 Å². The minimum absolute atomic E-state index is 0.0707. The third kappa shape index (κ3) is 3.64. The SMILES string of the molecule is C=CCC(C)(N)Cc1ccc2c(c1O)C(O)=C1C(=O)C3C(O)=C(C(N)=O)C(=O)CC3CC1C2. The highest BCUT2D eigenvalue weighted by molar-refractivity contribution is 6.21. The van der Waals surface area contributed by atoms with Crippen molar-refractivity contribution >= 4 is 23.2 Å². The summed E-state index contributed by atoms with van der Waals surface area (Å²) in [6.45, 7) is 5.54. The smallest absolute Gasteiger partial charge is 0.255 e. The van der Waals surface area contributed by atoms with Crippen LogP contribution < -0.4 is 11.5 Å². The maximum absolute atomic E-state index is 13.4. The molecule has 0 saturated heterocycles. The largest absolute Gasteiger partial charge is 0.511 e. The van der Waals surface area contributed by atoms with Crippen molar-refractivity contribution in [1.29, 1.82) is 0 Å². The normalized spacial score (nSPS) is 26.3. The number of aliphatic hydroxyl groups excluding tert-OH is 2. The maximum atomic E-state index is 13.4. The predicted molar refractivity (Wildman–Crippen MR) is 121 cm³/mol. The highest BCUT2D eigenvalue weighted by atomic mass is 16.3. The average molecular weight is 453 g/mol. The molecule has 3 aliphatic carbocycles. The number of benzene rings is 1. The molecular weight excluding hydrogens is 424 g/mol. The summed E-state index contributed by atoms with van der Waals surface area (Å²) in [7, 11) is 0. The van der Waals surface area contributed by atoms with Crippen molar-refractivity contribution in [2.45, 2.75) is 44.6 Å². The number of rotatable bonds is 5. The van der Waals surface area contributed by atoms with Gasteiger partial charge in [0.1, 0.15) is 22.8 Å². The van der Waals surface area contributed by atoms with Crippen LogP contribution in [0, 0.1) is 17.8 Å². The van der Waals surface area contributed by atoms with Gasteiger partial charge in [0.2, 0.25) is 0 Å². The Bertz CT molecular complexity index is 1160. The van der Waals surface area contributed by atoms with Crippen molar-refractivity contribution in [2.75, 3.05) is 0 Å². The number of aliphatic hydroxyl groups is 2. The lowest BCUT2D eigenvalue weighted by atomic mass is 9.61. The molecule has 0 aliphatic heterocycles. The standard InChI is InChI=1S/C25H28N2O6/c1-3-6-25(2,27)10-12-5-4-11-7-13-8-14-9-15(28)19(24(26)33)23(32)18(14)22(31)17(13)21(30)16(11)20(12)29/h3-5,13-14,18,29-30,32H,1,6-10,27H2,2H3,(H2,26,33). The zero-order chi connectivity index (χ0) is 24.2. The fourth-order valence-corrected chi connectivity index (χ4v) is 5.64. The lowest BCUT2D eigenvalue weighted by Crippen LogP contribution is -2.44. The topological polar surface area (TPSA) is 164 Å². The Morgan fingerprint density at radius 2 is 1.94 bits per heavy atom. The lowest BCUT2D eigenvalue weighted by molar-refractivity contribution is -0.127. The number of allylic oxidation sites excluding steroid dienone is 2. The number of carbonyl (C=O) groups excluding carboxylic acids is 3. The Hall–Kier alpha value is -3.39. The van der Waals surface area contributed by atoms with Crippen LogP contribution in [0.4, 0.5) is 0 Å². The Kier molecular flexibility index (Phi) is 5.44. The molecule has 1 aromatic carbocycles. The van der Waals surface area contributed by atoms with E-state index in [0.717, 1.165) is 0 Å². The van der Waals surface area contributed by atoms with Crippen LogP contribution in [0.2, 0.25) is 0 Å². The Morgan fingerprint density at radius 3 is 2.58 bits per heavy atom. The Morgan fingerprint density at radius 1 is 1.24 bits per heavy atom. The van der Waals surface area contributed by atoms with Gasteiger partial charge in [0.05, 0.1) is 11.5 Å². The van der Waals surface area contributed by atoms with Gasteiger partial charge in [0.15, 0.2) is 11.6 Å². The van der Waals surface area contributed by atoms with Gasteiger partial charge in [-0.15, -0.1) is 6.58 Å². The second kappa shape index (κ2) is 7.88. The van der Waals surface area contributed by atoms with E-state index < -0.39 is 46.2 Å². The molecule has 1 fully saturated rings. The molecule has 7 N–H and O–H groups in total. The van der Waals surface area contributed by atoms with Gasteiger partial charge in [0, 0.05) is 17.5 Å². The minimum Gasteiger partial charge on any atom is -0.511 e. The van der Waals surface area contributed by atoms with Crippen LogP contribution in [0.3, 0.4) is 0 Å². The van der Waals surface area contributed by atoms with Crippen LogP contribution in [-0.4, -0.2) is 38.3 Å². The first-order valence-electron chi connectivity index (χ1n) is 10.9. The molecule has 0 spiro atoms. The van der Waals surface area contributed by atoms with Crippen molar-refractivity contribution in [3.05, 3.63) is 58.4 Å². The molecule has 4 rings (SSSR count). The third-order valence-corrected chi connectivity index (χ3v) is 7.05. The quantitative estimate of drug-likeness (QED) is 0.337. The van der Waals surface area contributed by atoms with E-state index in [0.29, 0.717) is 36.8 Å². The molecule has 174 valence electrons. The van der Waals surface area contributed by atoms with Crippen LogP contribution in [0.5, 0.6) is 5.75 Å². The molecule has 4 unspecified atom stereocenters. The molecule has 0 bridgehead atoms. The summed E-state index contributed by atoms with van der Waals surface area (Å²) in [5.74, 6) is -5.28. The molecule has 0 radical (unpaired) electrons. The molecule has 0 heterocycles. The number of nitrogens with two attached hydrogens (primary N) is 2. The van der Waals surface area contributed by atoms with E-state index in [1.54, 1.807) is 12.1 Å². The fourth-order valence-electron chi connectivity index (χ4n) is 5.64. The van der Waals surface area contributed by atoms with Crippen LogP contribution in [0.25, 0.3) is 5.76 Å². The summed E-state index contributed by atoms with van der Waals surface area (Å²) >= 11 is 0. The highest BCUT2D eigenvalue weighted by Crippen LogP contribution is 2.50. The summed E-state index contributed by atoms with van der Waals surface area (Å²) in [5, 5.41) is 32.7. The van der Waals surface area contributed by atoms with E-state index in [1.807, 2.05) is 13.0 Å². The van der Waals surface area contributed by atoms with E-state index in [4.69, 9.17) is 11.5 Å². The van der Waals surface area contributed by atoms with Crippen LogP contribution in [0.15, 0.2) is 41.7 Å². The number of amides is 1. The number of carbonyl (C=O) groups is 3. The molecule has 0 aromatic heterocycles. The van der Waals surface area contributed by atoms with Gasteiger partial charge in [-0.2, -0.15) is 0 Å². The van der Waals surface area contributed by atoms with Gasteiger partial charge in [-0.1, -0.05) is 18.2 Å². The number of Topliss-reactive ketones (excluding diaryl/α,β-unsaturated/α-hetero) is 2. The van der Waals surface area contributed by atoms with Crippen molar-refractivity contribution < 1.29 is 29.7 Å². The number of hydrogen-bond donors (Lipinski definition) is 5. The molecular formula is C25H28N2O6. The Balaban J connectivity index is 1.79. The van der Waals surface area contributed by atoms with Crippen molar-refractivity contribution in [3.8, 4) is 5.75 Å². The van der Waals surface area contributed by atoms with Gasteiger partial charge < -0.3 is 26.8 Å². The van der Waals surface area contributed by atoms with E-state index >= 15 is 0 Å². The number of hydrogen-bond acceptors (Lipinski definition) is 7. The summed E-state index contributed by atoms with van der Waals surface area (Å²) in [6.07, 6.45) is 3.25. The predicted octanol–water partition coefficient (Wildman–Crippen LogP) is 2.14. The van der Waals surface area contributed by atoms with E-state index in [2.05, 4.69) is 6.58 Å². The number of ketones is 2. The lowest BCUT2D eigenvalue weighted by Gasteiger charge is -2.41.